The van der Waals surface area contributed by atoms with Gasteiger partial charge in [-0.3, -0.25) is 9.59 Å². The average Bonchev–Trinajstić information content (AvgIpc) is 2.66. The SMILES string of the molecule is CCOCCOc1ccccc1C(=O)NCC(C(=O)O)c1ccccc1. The molecule has 2 rings (SSSR count). The molecule has 2 aromatic rings. The second-order valence-corrected chi connectivity index (χ2v) is 5.55. The van der Waals surface area contributed by atoms with Crippen LogP contribution in [0.1, 0.15) is 28.8 Å². The van der Waals surface area contributed by atoms with E-state index in [2.05, 4.69) is 5.32 Å². The van der Waals surface area contributed by atoms with Crippen molar-refractivity contribution in [1.82, 2.24) is 5.32 Å². The van der Waals surface area contributed by atoms with Crippen molar-refractivity contribution in [2.24, 2.45) is 0 Å². The van der Waals surface area contributed by atoms with Crippen molar-refractivity contribution in [1.29, 1.82) is 0 Å². The minimum Gasteiger partial charge on any atom is -0.490 e. The zero-order valence-electron chi connectivity index (χ0n) is 14.7. The van der Waals surface area contributed by atoms with Gasteiger partial charge >= 0.3 is 5.97 Å². The first-order valence-electron chi connectivity index (χ1n) is 8.49. The number of carboxylic acid groups (broad SMARTS) is 1. The summed E-state index contributed by atoms with van der Waals surface area (Å²) in [5.41, 5.74) is 1.00. The third kappa shape index (κ3) is 5.60. The van der Waals surface area contributed by atoms with E-state index in [4.69, 9.17) is 9.47 Å². The van der Waals surface area contributed by atoms with Crippen LogP contribution in [0.3, 0.4) is 0 Å². The van der Waals surface area contributed by atoms with Gasteiger partial charge in [-0.1, -0.05) is 42.5 Å². The van der Waals surface area contributed by atoms with Gasteiger partial charge in [-0.25, -0.2) is 0 Å². The molecule has 138 valence electrons. The van der Waals surface area contributed by atoms with E-state index in [0.29, 0.717) is 36.7 Å². The molecule has 1 atom stereocenters. The number of carbonyl (C=O) groups excluding carboxylic acids is 1. The van der Waals surface area contributed by atoms with Crippen LogP contribution in [-0.4, -0.2) is 43.3 Å². The van der Waals surface area contributed by atoms with Crippen LogP contribution in [0, 0.1) is 0 Å². The molecule has 0 saturated carbocycles. The van der Waals surface area contributed by atoms with Crippen molar-refractivity contribution in [2.75, 3.05) is 26.4 Å². The van der Waals surface area contributed by atoms with E-state index in [1.54, 1.807) is 48.5 Å². The van der Waals surface area contributed by atoms with Crippen LogP contribution in [0.15, 0.2) is 54.6 Å². The lowest BCUT2D eigenvalue weighted by Crippen LogP contribution is -2.32. The Morgan fingerprint density at radius 3 is 2.42 bits per heavy atom. The molecule has 0 radical (unpaired) electrons. The maximum Gasteiger partial charge on any atom is 0.312 e. The average molecular weight is 357 g/mol. The van der Waals surface area contributed by atoms with Gasteiger partial charge in [0.25, 0.3) is 5.91 Å². The molecule has 26 heavy (non-hydrogen) atoms. The maximum atomic E-state index is 12.5. The Morgan fingerprint density at radius 1 is 1.04 bits per heavy atom. The van der Waals surface area contributed by atoms with Gasteiger partial charge < -0.3 is 19.9 Å². The molecule has 0 aromatic heterocycles. The number of ether oxygens (including phenoxy) is 2. The molecule has 1 unspecified atom stereocenters. The van der Waals surface area contributed by atoms with Crippen LogP contribution in [0.25, 0.3) is 0 Å². The number of benzene rings is 2. The molecule has 1 amide bonds. The molecular formula is C20H23NO5. The zero-order valence-corrected chi connectivity index (χ0v) is 14.7. The summed E-state index contributed by atoms with van der Waals surface area (Å²) in [6, 6.07) is 15.7. The van der Waals surface area contributed by atoms with Crippen LogP contribution in [0.2, 0.25) is 0 Å². The standard InChI is InChI=1S/C20H23NO5/c1-2-25-12-13-26-18-11-7-6-10-16(18)19(22)21-14-17(20(23)24)15-8-4-3-5-9-15/h3-11,17H,2,12-14H2,1H3,(H,21,22)(H,23,24). The Hall–Kier alpha value is -2.86. The van der Waals surface area contributed by atoms with Crippen LogP contribution in [-0.2, 0) is 9.53 Å². The van der Waals surface area contributed by atoms with Crippen LogP contribution < -0.4 is 10.1 Å². The molecule has 0 heterocycles. The summed E-state index contributed by atoms with van der Waals surface area (Å²) in [6.45, 7) is 3.25. The second-order valence-electron chi connectivity index (χ2n) is 5.55. The Kier molecular flexibility index (Phi) is 7.64. The number of aliphatic carboxylic acids is 1. The summed E-state index contributed by atoms with van der Waals surface area (Å²) < 4.78 is 10.8. The lowest BCUT2D eigenvalue weighted by molar-refractivity contribution is -0.138. The fraction of sp³-hybridized carbons (Fsp3) is 0.300. The smallest absolute Gasteiger partial charge is 0.312 e. The molecule has 6 nitrogen and oxygen atoms in total. The Balaban J connectivity index is 2.01. The molecule has 2 N–H and O–H groups in total. The van der Waals surface area contributed by atoms with E-state index < -0.39 is 11.9 Å². The fourth-order valence-electron chi connectivity index (χ4n) is 2.46. The van der Waals surface area contributed by atoms with Crippen molar-refractivity contribution in [3.8, 4) is 5.75 Å². The van der Waals surface area contributed by atoms with Gasteiger partial charge in [-0.05, 0) is 24.6 Å². The first-order valence-corrected chi connectivity index (χ1v) is 8.49. The number of carboxylic acids is 1. The van der Waals surface area contributed by atoms with Crippen molar-refractivity contribution in [3.05, 3.63) is 65.7 Å². The highest BCUT2D eigenvalue weighted by Gasteiger charge is 2.21. The molecule has 0 bridgehead atoms. The third-order valence-electron chi connectivity index (χ3n) is 3.79. The van der Waals surface area contributed by atoms with Crippen molar-refractivity contribution in [3.63, 3.8) is 0 Å². The monoisotopic (exact) mass is 357 g/mol. The summed E-state index contributed by atoms with van der Waals surface area (Å²) in [6.07, 6.45) is 0. The highest BCUT2D eigenvalue weighted by atomic mass is 16.5. The van der Waals surface area contributed by atoms with Crippen LogP contribution in [0.5, 0.6) is 5.75 Å². The van der Waals surface area contributed by atoms with Gasteiger partial charge in [0.2, 0.25) is 0 Å². The Bertz CT molecular complexity index is 717. The Morgan fingerprint density at radius 2 is 1.73 bits per heavy atom. The molecular weight excluding hydrogens is 334 g/mol. The van der Waals surface area contributed by atoms with E-state index in [0.717, 1.165) is 0 Å². The highest BCUT2D eigenvalue weighted by molar-refractivity contribution is 5.97. The topological polar surface area (TPSA) is 84.9 Å². The summed E-state index contributed by atoms with van der Waals surface area (Å²) in [5, 5.41) is 12.1. The lowest BCUT2D eigenvalue weighted by Gasteiger charge is -2.15. The van der Waals surface area contributed by atoms with Gasteiger partial charge in [-0.2, -0.15) is 0 Å². The van der Waals surface area contributed by atoms with E-state index in [-0.39, 0.29) is 12.5 Å². The van der Waals surface area contributed by atoms with Gasteiger partial charge in [0.15, 0.2) is 0 Å². The number of hydrogen-bond donors (Lipinski definition) is 2. The molecule has 0 aliphatic carbocycles. The Labute approximate surface area is 152 Å². The summed E-state index contributed by atoms with van der Waals surface area (Å²) >= 11 is 0. The number of rotatable bonds is 10. The van der Waals surface area contributed by atoms with Gasteiger partial charge in [0.1, 0.15) is 12.4 Å². The lowest BCUT2D eigenvalue weighted by atomic mass is 9.99. The zero-order chi connectivity index (χ0) is 18.8. The first-order chi connectivity index (χ1) is 12.6. The van der Waals surface area contributed by atoms with E-state index >= 15 is 0 Å². The minimum atomic E-state index is -0.988. The van der Waals surface area contributed by atoms with Crippen molar-refractivity contribution < 1.29 is 24.2 Å². The number of para-hydroxylation sites is 1. The largest absolute Gasteiger partial charge is 0.490 e. The molecule has 0 fully saturated rings. The van der Waals surface area contributed by atoms with Crippen LogP contribution in [0.4, 0.5) is 0 Å². The maximum absolute atomic E-state index is 12.5. The van der Waals surface area contributed by atoms with E-state index in [1.807, 2.05) is 13.0 Å². The molecule has 0 saturated heterocycles. The summed E-state index contributed by atoms with van der Waals surface area (Å²) in [4.78, 5) is 24.0. The number of hydrogen-bond acceptors (Lipinski definition) is 4. The van der Waals surface area contributed by atoms with E-state index in [9.17, 15) is 14.7 Å². The predicted octanol–water partition coefficient (Wildman–Crippen LogP) is 2.70. The second kappa shape index (κ2) is 10.2. The number of carbonyl (C=O) groups is 2. The minimum absolute atomic E-state index is 0.00847. The number of nitrogens with one attached hydrogen (secondary N) is 1. The highest BCUT2D eigenvalue weighted by Crippen LogP contribution is 2.19. The fourth-order valence-corrected chi connectivity index (χ4v) is 2.46. The first kappa shape index (κ1) is 19.5. The molecule has 0 aliphatic heterocycles. The van der Waals surface area contributed by atoms with Gasteiger partial charge in [0.05, 0.1) is 18.1 Å². The number of amides is 1. The van der Waals surface area contributed by atoms with Gasteiger partial charge in [-0.15, -0.1) is 0 Å². The van der Waals surface area contributed by atoms with Crippen LogP contribution >= 0.6 is 0 Å². The normalized spacial score (nSPS) is 11.6. The molecule has 2 aromatic carbocycles. The van der Waals surface area contributed by atoms with E-state index in [1.165, 1.54) is 0 Å². The van der Waals surface area contributed by atoms with Crippen molar-refractivity contribution >= 4 is 11.9 Å². The summed E-state index contributed by atoms with van der Waals surface area (Å²) in [5.74, 6) is -1.74. The molecule has 0 aliphatic rings. The van der Waals surface area contributed by atoms with Gasteiger partial charge in [0, 0.05) is 13.2 Å². The quantitative estimate of drug-likeness (QED) is 0.639. The third-order valence-corrected chi connectivity index (χ3v) is 3.79. The predicted molar refractivity (Wildman–Crippen MR) is 97.6 cm³/mol. The summed E-state index contributed by atoms with van der Waals surface area (Å²) in [7, 11) is 0. The molecule has 0 spiro atoms. The molecule has 6 heteroatoms. The van der Waals surface area contributed by atoms with Crippen molar-refractivity contribution in [2.45, 2.75) is 12.8 Å².